The molecule has 0 bridgehead atoms. The van der Waals surface area contributed by atoms with Crippen molar-refractivity contribution in [1.29, 1.82) is 0 Å². The van der Waals surface area contributed by atoms with Gasteiger partial charge in [0.15, 0.2) is 0 Å². The van der Waals surface area contributed by atoms with Crippen molar-refractivity contribution in [3.8, 4) is 0 Å². The van der Waals surface area contributed by atoms with Crippen LogP contribution in [-0.2, 0) is 12.4 Å². The van der Waals surface area contributed by atoms with Crippen molar-refractivity contribution in [3.05, 3.63) is 34.6 Å². The lowest BCUT2D eigenvalue weighted by Gasteiger charge is -2.37. The number of halogens is 12. The van der Waals surface area contributed by atoms with E-state index in [1.54, 1.807) is 0 Å². The molecule has 1 heterocycles. The van der Waals surface area contributed by atoms with Crippen LogP contribution in [0, 0.1) is 5.82 Å². The Morgan fingerprint density at radius 1 is 0.862 bits per heavy atom. The zero-order chi connectivity index (χ0) is 20.6. The molecule has 0 saturated carbocycles. The standard InChI is InChI=1S/C15H14F10N2.2ClH/c16-10-6-8(14(20,21)22)5-9(15(23,24)25)12(10)11(7-13(17,18)19)27-3-1-26-2-4-27;;/h5-6,11,26H,1-4,7H2;2*1H/t11-;;/m1../s1. The second kappa shape index (κ2) is 9.88. The van der Waals surface area contributed by atoms with Gasteiger partial charge >= 0.3 is 18.5 Å². The van der Waals surface area contributed by atoms with Gasteiger partial charge in [-0.3, -0.25) is 4.90 Å². The molecule has 1 aromatic carbocycles. The van der Waals surface area contributed by atoms with Gasteiger partial charge in [0.2, 0.25) is 0 Å². The van der Waals surface area contributed by atoms with E-state index in [0.717, 1.165) is 4.90 Å². The van der Waals surface area contributed by atoms with Gasteiger partial charge in [-0.15, -0.1) is 24.8 Å². The van der Waals surface area contributed by atoms with Gasteiger partial charge in [-0.25, -0.2) is 4.39 Å². The lowest BCUT2D eigenvalue weighted by atomic mass is 9.92. The summed E-state index contributed by atoms with van der Waals surface area (Å²) in [6.07, 6.45) is -17.5. The summed E-state index contributed by atoms with van der Waals surface area (Å²) in [7, 11) is 0. The summed E-state index contributed by atoms with van der Waals surface area (Å²) in [6, 6.07) is -2.63. The Balaban J connectivity index is 0.00000392. The largest absolute Gasteiger partial charge is 0.416 e. The van der Waals surface area contributed by atoms with E-state index in [9.17, 15) is 43.9 Å². The number of piperazine rings is 1. The van der Waals surface area contributed by atoms with Crippen LogP contribution in [0.2, 0.25) is 0 Å². The molecule has 1 fully saturated rings. The van der Waals surface area contributed by atoms with Gasteiger partial charge in [-0.1, -0.05) is 0 Å². The Morgan fingerprint density at radius 3 is 1.79 bits per heavy atom. The van der Waals surface area contributed by atoms with Gasteiger partial charge in [0.05, 0.1) is 17.5 Å². The van der Waals surface area contributed by atoms with E-state index in [2.05, 4.69) is 5.32 Å². The molecule has 0 unspecified atom stereocenters. The SMILES string of the molecule is Cl.Cl.Fc1cc(C(F)(F)F)cc(C(F)(F)F)c1[C@@H](CC(F)(F)F)N1CCNCC1. The zero-order valence-electron chi connectivity index (χ0n) is 14.3. The molecule has 2 nitrogen and oxygen atoms in total. The number of benzene rings is 1. The minimum Gasteiger partial charge on any atom is -0.314 e. The number of hydrogen-bond donors (Lipinski definition) is 1. The highest BCUT2D eigenvalue weighted by Gasteiger charge is 2.45. The number of hydrogen-bond acceptors (Lipinski definition) is 2. The lowest BCUT2D eigenvalue weighted by molar-refractivity contribution is -0.154. The van der Waals surface area contributed by atoms with Gasteiger partial charge in [0.25, 0.3) is 0 Å². The van der Waals surface area contributed by atoms with E-state index in [1.807, 2.05) is 0 Å². The van der Waals surface area contributed by atoms with E-state index >= 15 is 0 Å². The first kappa shape index (κ1) is 28.0. The molecule has 0 amide bonds. The number of alkyl halides is 9. The van der Waals surface area contributed by atoms with Crippen LogP contribution >= 0.6 is 24.8 Å². The van der Waals surface area contributed by atoms with Crippen molar-refractivity contribution in [2.45, 2.75) is 31.0 Å². The van der Waals surface area contributed by atoms with E-state index in [1.165, 1.54) is 0 Å². The predicted octanol–water partition coefficient (Wildman–Crippen LogP) is 5.61. The Morgan fingerprint density at radius 2 is 1.38 bits per heavy atom. The monoisotopic (exact) mass is 484 g/mol. The van der Waals surface area contributed by atoms with Crippen molar-refractivity contribution < 1.29 is 43.9 Å². The van der Waals surface area contributed by atoms with Crippen LogP contribution in [0.15, 0.2) is 12.1 Å². The summed E-state index contributed by atoms with van der Waals surface area (Å²) >= 11 is 0. The van der Waals surface area contributed by atoms with E-state index in [-0.39, 0.29) is 63.1 Å². The topological polar surface area (TPSA) is 15.3 Å². The third-order valence-electron chi connectivity index (χ3n) is 4.11. The molecule has 2 rings (SSSR count). The molecule has 0 aliphatic carbocycles. The Hall–Kier alpha value is -0.980. The molecular formula is C15H16Cl2F10N2. The first-order chi connectivity index (χ1) is 12.2. The molecule has 0 radical (unpaired) electrons. The Labute approximate surface area is 171 Å². The fourth-order valence-electron chi connectivity index (χ4n) is 2.98. The van der Waals surface area contributed by atoms with Crippen molar-refractivity contribution in [3.63, 3.8) is 0 Å². The predicted molar refractivity (Wildman–Crippen MR) is 88.8 cm³/mol. The van der Waals surface area contributed by atoms with Crippen molar-refractivity contribution in [2.24, 2.45) is 0 Å². The van der Waals surface area contributed by atoms with Crippen molar-refractivity contribution in [1.82, 2.24) is 10.2 Å². The van der Waals surface area contributed by atoms with Crippen LogP contribution in [0.25, 0.3) is 0 Å². The fourth-order valence-corrected chi connectivity index (χ4v) is 2.98. The van der Waals surface area contributed by atoms with Crippen LogP contribution in [0.5, 0.6) is 0 Å². The lowest BCUT2D eigenvalue weighted by Crippen LogP contribution is -2.46. The molecule has 0 spiro atoms. The van der Waals surface area contributed by atoms with Crippen molar-refractivity contribution >= 4 is 24.8 Å². The number of rotatable bonds is 3. The molecule has 29 heavy (non-hydrogen) atoms. The molecule has 1 saturated heterocycles. The summed E-state index contributed by atoms with van der Waals surface area (Å²) in [6.45, 7) is 0.0763. The molecule has 1 aliphatic heterocycles. The Bertz CT molecular complexity index is 667. The average Bonchev–Trinajstić information content (AvgIpc) is 2.50. The third kappa shape index (κ3) is 7.34. The maximum Gasteiger partial charge on any atom is 0.416 e. The number of nitrogens with one attached hydrogen (secondary N) is 1. The summed E-state index contributed by atoms with van der Waals surface area (Å²) in [5.74, 6) is -1.97. The minimum absolute atomic E-state index is 0. The summed E-state index contributed by atoms with van der Waals surface area (Å²) < 4.78 is 131. The fraction of sp³-hybridized carbons (Fsp3) is 0.600. The van der Waals surface area contributed by atoms with Gasteiger partial charge < -0.3 is 5.32 Å². The van der Waals surface area contributed by atoms with E-state index < -0.39 is 53.5 Å². The molecule has 1 atom stereocenters. The maximum absolute atomic E-state index is 14.3. The van der Waals surface area contributed by atoms with Gasteiger partial charge in [-0.05, 0) is 12.1 Å². The maximum atomic E-state index is 14.3. The molecule has 1 N–H and O–H groups in total. The van der Waals surface area contributed by atoms with Crippen LogP contribution in [-0.4, -0.2) is 37.3 Å². The average molecular weight is 485 g/mol. The first-order valence-corrected chi connectivity index (χ1v) is 7.69. The quantitative estimate of drug-likeness (QED) is 0.561. The van der Waals surface area contributed by atoms with E-state index in [4.69, 9.17) is 0 Å². The normalized spacial score (nSPS) is 17.3. The highest BCUT2D eigenvalue weighted by molar-refractivity contribution is 5.85. The zero-order valence-corrected chi connectivity index (χ0v) is 15.9. The number of nitrogens with zero attached hydrogens (tertiary/aromatic N) is 1. The molecule has 170 valence electrons. The van der Waals surface area contributed by atoms with Gasteiger partial charge in [0, 0.05) is 37.8 Å². The van der Waals surface area contributed by atoms with Gasteiger partial charge in [0.1, 0.15) is 5.82 Å². The second-order valence-corrected chi connectivity index (χ2v) is 6.04. The molecule has 1 aliphatic rings. The molecule has 0 aromatic heterocycles. The van der Waals surface area contributed by atoms with Gasteiger partial charge in [-0.2, -0.15) is 39.5 Å². The van der Waals surface area contributed by atoms with Crippen LogP contribution in [0.1, 0.15) is 29.2 Å². The second-order valence-electron chi connectivity index (χ2n) is 6.04. The summed E-state index contributed by atoms with van der Waals surface area (Å²) in [5, 5.41) is 2.78. The third-order valence-corrected chi connectivity index (χ3v) is 4.11. The van der Waals surface area contributed by atoms with Crippen molar-refractivity contribution in [2.75, 3.05) is 26.2 Å². The highest BCUT2D eigenvalue weighted by atomic mass is 35.5. The van der Waals surface area contributed by atoms with E-state index in [0.29, 0.717) is 0 Å². The molecule has 14 heteroatoms. The van der Waals surface area contributed by atoms with Crippen LogP contribution < -0.4 is 5.32 Å². The summed E-state index contributed by atoms with van der Waals surface area (Å²) in [5.41, 5.74) is -5.39. The minimum atomic E-state index is -5.46. The molecular weight excluding hydrogens is 469 g/mol. The smallest absolute Gasteiger partial charge is 0.314 e. The Kier molecular flexibility index (Phi) is 9.55. The first-order valence-electron chi connectivity index (χ1n) is 7.69. The summed E-state index contributed by atoms with van der Waals surface area (Å²) in [4.78, 5) is 0.991. The highest BCUT2D eigenvalue weighted by Crippen LogP contribution is 2.44. The molecule has 1 aromatic rings. The van der Waals surface area contributed by atoms with Crippen LogP contribution in [0.3, 0.4) is 0 Å². The van der Waals surface area contributed by atoms with Crippen LogP contribution in [0.4, 0.5) is 43.9 Å².